The van der Waals surface area contributed by atoms with Crippen LogP contribution in [-0.4, -0.2) is 27.8 Å². The zero-order chi connectivity index (χ0) is 20.4. The predicted molar refractivity (Wildman–Crippen MR) is 112 cm³/mol. The number of aromatic hydroxyl groups is 1. The molecule has 9 heteroatoms. The maximum absolute atomic E-state index is 12.7. The number of hydrogen-bond acceptors (Lipinski definition) is 5. The molecular weight excluding hydrogens is 445 g/mol. The first-order valence-corrected chi connectivity index (χ1v) is 10.1. The van der Waals surface area contributed by atoms with Crippen LogP contribution in [0.1, 0.15) is 18.1 Å². The van der Waals surface area contributed by atoms with Crippen molar-refractivity contribution in [1.82, 2.24) is 4.90 Å². The third-order valence-electron chi connectivity index (χ3n) is 3.87. The van der Waals surface area contributed by atoms with Crippen LogP contribution in [0.25, 0.3) is 6.08 Å². The van der Waals surface area contributed by atoms with Gasteiger partial charge in [0.05, 0.1) is 23.1 Å². The molecule has 1 aliphatic rings. The highest BCUT2D eigenvalue weighted by Crippen LogP contribution is 2.38. The lowest BCUT2D eigenvalue weighted by molar-refractivity contribution is -0.123. The van der Waals surface area contributed by atoms with Gasteiger partial charge in [0, 0.05) is 10.0 Å². The van der Waals surface area contributed by atoms with Gasteiger partial charge in [0.25, 0.3) is 11.1 Å². The van der Waals surface area contributed by atoms with Crippen LogP contribution in [0.3, 0.4) is 0 Å². The van der Waals surface area contributed by atoms with Crippen LogP contribution in [0.5, 0.6) is 11.5 Å². The molecule has 0 atom stereocenters. The molecule has 1 N–H and O–H groups in total. The average molecular weight is 459 g/mol. The van der Waals surface area contributed by atoms with Crippen molar-refractivity contribution in [2.45, 2.75) is 13.5 Å². The van der Waals surface area contributed by atoms with Gasteiger partial charge in [0.15, 0.2) is 11.5 Å². The third kappa shape index (κ3) is 4.41. The van der Waals surface area contributed by atoms with Crippen LogP contribution in [0.4, 0.5) is 4.79 Å². The summed E-state index contributed by atoms with van der Waals surface area (Å²) in [4.78, 5) is 26.4. The zero-order valence-electron chi connectivity index (χ0n) is 14.5. The van der Waals surface area contributed by atoms with Crippen molar-refractivity contribution in [3.05, 3.63) is 61.4 Å². The Hall–Kier alpha value is -1.86. The minimum atomic E-state index is -0.442. The summed E-state index contributed by atoms with van der Waals surface area (Å²) in [6, 6.07) is 7.91. The maximum atomic E-state index is 12.7. The highest BCUT2D eigenvalue weighted by atomic mass is 35.5. The van der Waals surface area contributed by atoms with Gasteiger partial charge in [0.2, 0.25) is 0 Å². The molecular formula is C19H14Cl3NO4S. The predicted octanol–water partition coefficient (Wildman–Crippen LogP) is 5.99. The second-order valence-electron chi connectivity index (χ2n) is 5.79. The van der Waals surface area contributed by atoms with Gasteiger partial charge >= 0.3 is 0 Å². The second-order valence-corrected chi connectivity index (χ2v) is 8.03. The number of carbonyl (C=O) groups excluding carboxylic acids is 2. The Morgan fingerprint density at radius 1 is 1.14 bits per heavy atom. The minimum Gasteiger partial charge on any atom is -0.503 e. The number of nitrogens with zero attached hydrogens (tertiary/aromatic N) is 1. The van der Waals surface area contributed by atoms with Crippen LogP contribution in [0.2, 0.25) is 15.1 Å². The number of halogens is 3. The molecule has 0 aromatic heterocycles. The standard InChI is InChI=1S/C19H14Cl3NO4S/c1-2-27-15-6-10(5-14(22)17(15)24)7-16-18(25)23(19(26)28-16)9-11-3-4-12(20)8-13(11)21/h3-8,24H,2,9H2,1H3/b16-7-. The fourth-order valence-electron chi connectivity index (χ4n) is 2.55. The molecule has 1 saturated heterocycles. The van der Waals surface area contributed by atoms with Crippen molar-refractivity contribution in [3.63, 3.8) is 0 Å². The fraction of sp³-hybridized carbons (Fsp3) is 0.158. The first-order chi connectivity index (χ1) is 13.3. The number of amides is 2. The van der Waals surface area contributed by atoms with Crippen molar-refractivity contribution >= 4 is 63.8 Å². The highest BCUT2D eigenvalue weighted by Gasteiger charge is 2.35. The van der Waals surface area contributed by atoms with E-state index in [9.17, 15) is 14.7 Å². The van der Waals surface area contributed by atoms with E-state index in [0.29, 0.717) is 27.8 Å². The van der Waals surface area contributed by atoms with E-state index in [1.54, 1.807) is 31.2 Å². The quantitative estimate of drug-likeness (QED) is 0.558. The normalized spacial score (nSPS) is 15.6. The van der Waals surface area contributed by atoms with Gasteiger partial charge in [0.1, 0.15) is 0 Å². The van der Waals surface area contributed by atoms with E-state index < -0.39 is 11.1 Å². The summed E-state index contributed by atoms with van der Waals surface area (Å²) >= 11 is 18.9. The van der Waals surface area contributed by atoms with Crippen LogP contribution in [0, 0.1) is 0 Å². The number of imide groups is 1. The molecule has 1 aliphatic heterocycles. The molecule has 5 nitrogen and oxygen atoms in total. The Labute approximate surface area is 180 Å². The first-order valence-electron chi connectivity index (χ1n) is 8.14. The molecule has 0 spiro atoms. The summed E-state index contributed by atoms with van der Waals surface area (Å²) in [6.07, 6.45) is 1.53. The molecule has 3 rings (SSSR count). The van der Waals surface area contributed by atoms with Crippen LogP contribution in [-0.2, 0) is 11.3 Å². The number of ether oxygens (including phenoxy) is 1. The maximum Gasteiger partial charge on any atom is 0.293 e. The molecule has 2 amide bonds. The SMILES string of the molecule is CCOc1cc(/C=C2\SC(=O)N(Cc3ccc(Cl)cc3Cl)C2=O)cc(Cl)c1O. The van der Waals surface area contributed by atoms with E-state index in [1.165, 1.54) is 12.1 Å². The summed E-state index contributed by atoms with van der Waals surface area (Å²) in [5.74, 6) is -0.414. The molecule has 0 radical (unpaired) electrons. The lowest BCUT2D eigenvalue weighted by Crippen LogP contribution is -2.27. The Bertz CT molecular complexity index is 993. The molecule has 146 valence electrons. The molecule has 1 fully saturated rings. The van der Waals surface area contributed by atoms with Crippen LogP contribution in [0.15, 0.2) is 35.2 Å². The molecule has 1 heterocycles. The molecule has 0 unspecified atom stereocenters. The van der Waals surface area contributed by atoms with Gasteiger partial charge in [-0.05, 0) is 60.2 Å². The van der Waals surface area contributed by atoms with Crippen molar-refractivity contribution in [3.8, 4) is 11.5 Å². The Morgan fingerprint density at radius 3 is 2.57 bits per heavy atom. The van der Waals surface area contributed by atoms with Crippen molar-refractivity contribution < 1.29 is 19.4 Å². The largest absolute Gasteiger partial charge is 0.503 e. The van der Waals surface area contributed by atoms with E-state index in [0.717, 1.165) is 16.7 Å². The summed E-state index contributed by atoms with van der Waals surface area (Å²) in [5, 5.41) is 10.5. The summed E-state index contributed by atoms with van der Waals surface area (Å²) in [7, 11) is 0. The number of phenolic OH excluding ortho intramolecular Hbond substituents is 1. The van der Waals surface area contributed by atoms with Gasteiger partial charge < -0.3 is 9.84 Å². The number of benzene rings is 2. The minimum absolute atomic E-state index is 0.0402. The molecule has 0 saturated carbocycles. The van der Waals surface area contributed by atoms with Crippen molar-refractivity contribution in [1.29, 1.82) is 0 Å². The lowest BCUT2D eigenvalue weighted by Gasteiger charge is -2.13. The Morgan fingerprint density at radius 2 is 1.89 bits per heavy atom. The van der Waals surface area contributed by atoms with Crippen molar-refractivity contribution in [2.75, 3.05) is 6.61 Å². The summed E-state index contributed by atoms with van der Waals surface area (Å²) in [6.45, 7) is 2.15. The molecule has 0 bridgehead atoms. The lowest BCUT2D eigenvalue weighted by atomic mass is 10.1. The Balaban J connectivity index is 1.87. The van der Waals surface area contributed by atoms with Gasteiger partial charge in [-0.2, -0.15) is 0 Å². The van der Waals surface area contributed by atoms with Gasteiger partial charge in [-0.1, -0.05) is 40.9 Å². The second kappa shape index (κ2) is 8.66. The third-order valence-corrected chi connectivity index (χ3v) is 5.65. The number of phenols is 1. The van der Waals surface area contributed by atoms with E-state index >= 15 is 0 Å². The number of thioether (sulfide) groups is 1. The number of hydrogen-bond donors (Lipinski definition) is 1. The fourth-order valence-corrected chi connectivity index (χ4v) is 4.08. The van der Waals surface area contributed by atoms with Gasteiger partial charge in [-0.3, -0.25) is 14.5 Å². The van der Waals surface area contributed by atoms with Crippen molar-refractivity contribution in [2.24, 2.45) is 0 Å². The average Bonchev–Trinajstić information content (AvgIpc) is 2.89. The Kier molecular flexibility index (Phi) is 6.45. The molecule has 2 aromatic carbocycles. The van der Waals surface area contributed by atoms with E-state index in [4.69, 9.17) is 39.5 Å². The topological polar surface area (TPSA) is 66.8 Å². The first kappa shape index (κ1) is 20.9. The summed E-state index contributed by atoms with van der Waals surface area (Å²) < 4.78 is 5.34. The smallest absolute Gasteiger partial charge is 0.293 e. The van der Waals surface area contributed by atoms with E-state index in [-0.39, 0.29) is 28.0 Å². The monoisotopic (exact) mass is 457 g/mol. The molecule has 2 aromatic rings. The number of rotatable bonds is 5. The highest BCUT2D eigenvalue weighted by molar-refractivity contribution is 8.18. The van der Waals surface area contributed by atoms with Gasteiger partial charge in [-0.25, -0.2) is 0 Å². The zero-order valence-corrected chi connectivity index (χ0v) is 17.6. The van der Waals surface area contributed by atoms with Crippen LogP contribution < -0.4 is 4.74 Å². The van der Waals surface area contributed by atoms with Gasteiger partial charge in [-0.15, -0.1) is 0 Å². The van der Waals surface area contributed by atoms with E-state index in [1.807, 2.05) is 0 Å². The summed E-state index contributed by atoms with van der Waals surface area (Å²) in [5.41, 5.74) is 1.14. The van der Waals surface area contributed by atoms with Crippen LogP contribution >= 0.6 is 46.6 Å². The molecule has 28 heavy (non-hydrogen) atoms. The molecule has 0 aliphatic carbocycles. The van der Waals surface area contributed by atoms with E-state index in [2.05, 4.69) is 0 Å². The number of carbonyl (C=O) groups is 2.